The average Bonchev–Trinajstić information content (AvgIpc) is 2.22. The lowest BCUT2D eigenvalue weighted by atomic mass is 10.3. The Balaban J connectivity index is 2.44. The minimum atomic E-state index is -4.30. The van der Waals surface area contributed by atoms with Gasteiger partial charge in [0.25, 0.3) is 0 Å². The molecule has 0 bridgehead atoms. The van der Waals surface area contributed by atoms with Gasteiger partial charge in [-0.15, -0.1) is 0 Å². The summed E-state index contributed by atoms with van der Waals surface area (Å²) in [5.41, 5.74) is 6.30. The molecule has 96 valence electrons. The molecule has 4 nitrogen and oxygen atoms in total. The molecule has 0 saturated heterocycles. The number of halogens is 3. The highest BCUT2D eigenvalue weighted by molar-refractivity contribution is 5.29. The van der Waals surface area contributed by atoms with Crippen molar-refractivity contribution in [1.29, 1.82) is 0 Å². The van der Waals surface area contributed by atoms with Gasteiger partial charge in [0.2, 0.25) is 0 Å². The van der Waals surface area contributed by atoms with Crippen molar-refractivity contribution < 1.29 is 17.9 Å². The smallest absolute Gasteiger partial charge is 0.384 e. The number of nitrogens with zero attached hydrogens (tertiary/aromatic N) is 2. The Morgan fingerprint density at radius 3 is 2.65 bits per heavy atom. The van der Waals surface area contributed by atoms with E-state index < -0.39 is 12.8 Å². The fraction of sp³-hybridized carbons (Fsp3) is 0.600. The van der Waals surface area contributed by atoms with Crippen LogP contribution in [0.25, 0.3) is 0 Å². The van der Waals surface area contributed by atoms with Gasteiger partial charge in [0.05, 0.1) is 6.61 Å². The van der Waals surface area contributed by atoms with Gasteiger partial charge in [0.1, 0.15) is 18.2 Å². The molecule has 0 radical (unpaired) electrons. The first kappa shape index (κ1) is 13.7. The second-order valence-electron chi connectivity index (χ2n) is 3.47. The van der Waals surface area contributed by atoms with Crippen molar-refractivity contribution in [3.63, 3.8) is 0 Å². The van der Waals surface area contributed by atoms with Crippen LogP contribution in [0.4, 0.5) is 19.0 Å². The van der Waals surface area contributed by atoms with Crippen LogP contribution in [-0.4, -0.2) is 29.4 Å². The molecule has 7 heteroatoms. The fourth-order valence-corrected chi connectivity index (χ4v) is 1.22. The predicted molar refractivity (Wildman–Crippen MR) is 56.4 cm³/mol. The van der Waals surface area contributed by atoms with Gasteiger partial charge in [0, 0.05) is 18.2 Å². The minimum absolute atomic E-state index is 0.0773. The second kappa shape index (κ2) is 5.81. The summed E-state index contributed by atoms with van der Waals surface area (Å²) in [6.07, 6.45) is -3.39. The van der Waals surface area contributed by atoms with E-state index in [2.05, 4.69) is 14.7 Å². The number of rotatable bonds is 5. The molecular formula is C10H14F3N3O. The van der Waals surface area contributed by atoms with Crippen molar-refractivity contribution >= 4 is 5.82 Å². The molecule has 2 N–H and O–H groups in total. The lowest BCUT2D eigenvalue weighted by Gasteiger charge is -2.07. The van der Waals surface area contributed by atoms with Crippen LogP contribution < -0.4 is 5.73 Å². The van der Waals surface area contributed by atoms with Crippen molar-refractivity contribution in [3.8, 4) is 0 Å². The number of nitrogens with two attached hydrogens (primary N) is 1. The van der Waals surface area contributed by atoms with E-state index in [1.54, 1.807) is 6.07 Å². The molecule has 0 amide bonds. The highest BCUT2D eigenvalue weighted by Gasteiger charge is 2.27. The van der Waals surface area contributed by atoms with Crippen LogP contribution in [0.2, 0.25) is 0 Å². The molecule has 0 spiro atoms. The van der Waals surface area contributed by atoms with E-state index in [0.717, 1.165) is 5.69 Å². The summed E-state index contributed by atoms with van der Waals surface area (Å²) in [5.74, 6) is 0.728. The van der Waals surface area contributed by atoms with E-state index in [4.69, 9.17) is 5.73 Å². The number of aromatic nitrogens is 2. The number of alkyl halides is 3. The van der Waals surface area contributed by atoms with Gasteiger partial charge in [-0.2, -0.15) is 13.2 Å². The lowest BCUT2D eigenvalue weighted by molar-refractivity contribution is -0.173. The van der Waals surface area contributed by atoms with Crippen LogP contribution in [0.1, 0.15) is 18.4 Å². The molecule has 0 atom stereocenters. The molecular weight excluding hydrogens is 235 g/mol. The van der Waals surface area contributed by atoms with Crippen molar-refractivity contribution in [2.24, 2.45) is 0 Å². The van der Waals surface area contributed by atoms with E-state index in [9.17, 15) is 13.2 Å². The van der Waals surface area contributed by atoms with Crippen LogP contribution in [0.5, 0.6) is 0 Å². The van der Waals surface area contributed by atoms with E-state index in [1.807, 2.05) is 6.92 Å². The quantitative estimate of drug-likeness (QED) is 0.807. The van der Waals surface area contributed by atoms with Crippen molar-refractivity contribution in [2.45, 2.75) is 25.9 Å². The van der Waals surface area contributed by atoms with E-state index >= 15 is 0 Å². The zero-order valence-corrected chi connectivity index (χ0v) is 9.42. The average molecular weight is 249 g/mol. The summed E-state index contributed by atoms with van der Waals surface area (Å²) in [4.78, 5) is 8.05. The van der Waals surface area contributed by atoms with Crippen LogP contribution in [0.3, 0.4) is 0 Å². The highest BCUT2D eigenvalue weighted by Crippen LogP contribution is 2.14. The Hall–Kier alpha value is -1.37. The van der Waals surface area contributed by atoms with Crippen molar-refractivity contribution in [1.82, 2.24) is 9.97 Å². The molecule has 0 aliphatic rings. The number of aryl methyl sites for hydroxylation is 1. The van der Waals surface area contributed by atoms with Crippen LogP contribution in [-0.2, 0) is 17.6 Å². The summed E-state index contributed by atoms with van der Waals surface area (Å²) in [5, 5.41) is 0. The normalized spacial score (nSPS) is 11.8. The van der Waals surface area contributed by atoms with Crippen LogP contribution in [0.15, 0.2) is 6.07 Å². The largest absolute Gasteiger partial charge is 0.411 e. The first-order valence-corrected chi connectivity index (χ1v) is 5.17. The number of hydrogen-bond acceptors (Lipinski definition) is 4. The maximum atomic E-state index is 11.8. The first-order chi connectivity index (χ1) is 7.90. The molecule has 0 saturated carbocycles. The summed E-state index contributed by atoms with van der Waals surface area (Å²) in [6.45, 7) is 0.577. The van der Waals surface area contributed by atoms with Gasteiger partial charge in [-0.3, -0.25) is 0 Å². The molecule has 17 heavy (non-hydrogen) atoms. The molecule has 0 unspecified atom stereocenters. The Morgan fingerprint density at radius 2 is 2.06 bits per heavy atom. The van der Waals surface area contributed by atoms with Crippen molar-refractivity contribution in [3.05, 3.63) is 17.6 Å². The predicted octanol–water partition coefficient (Wildman–Crippen LogP) is 1.74. The molecule has 1 rings (SSSR count). The first-order valence-electron chi connectivity index (χ1n) is 5.17. The third-order valence-corrected chi connectivity index (χ3v) is 1.94. The second-order valence-corrected chi connectivity index (χ2v) is 3.47. The van der Waals surface area contributed by atoms with Gasteiger partial charge >= 0.3 is 6.18 Å². The lowest BCUT2D eigenvalue weighted by Crippen LogP contribution is -2.18. The number of hydrogen-bond donors (Lipinski definition) is 1. The molecule has 0 aliphatic heterocycles. The van der Waals surface area contributed by atoms with Gasteiger partial charge in [0.15, 0.2) is 0 Å². The monoisotopic (exact) mass is 249 g/mol. The Labute approximate surface area is 97.0 Å². The Bertz CT molecular complexity index is 368. The molecule has 1 aromatic rings. The Kier molecular flexibility index (Phi) is 4.68. The molecule has 0 aliphatic carbocycles. The van der Waals surface area contributed by atoms with E-state index in [0.29, 0.717) is 18.1 Å². The zero-order chi connectivity index (χ0) is 12.9. The fourth-order valence-electron chi connectivity index (χ4n) is 1.22. The summed E-state index contributed by atoms with van der Waals surface area (Å²) in [6, 6.07) is 1.64. The summed E-state index contributed by atoms with van der Waals surface area (Å²) in [7, 11) is 0. The van der Waals surface area contributed by atoms with Crippen molar-refractivity contribution in [2.75, 3.05) is 18.9 Å². The number of nitrogen functional groups attached to an aromatic ring is 1. The van der Waals surface area contributed by atoms with Crippen LogP contribution in [0, 0.1) is 0 Å². The third-order valence-electron chi connectivity index (χ3n) is 1.94. The number of ether oxygens (including phenoxy) is 1. The third kappa shape index (κ3) is 5.48. The number of anilines is 1. The van der Waals surface area contributed by atoms with Gasteiger partial charge in [-0.25, -0.2) is 9.97 Å². The minimum Gasteiger partial charge on any atom is -0.384 e. The maximum absolute atomic E-state index is 11.8. The van der Waals surface area contributed by atoms with E-state index in [1.165, 1.54) is 0 Å². The molecule has 0 aromatic carbocycles. The van der Waals surface area contributed by atoms with E-state index in [-0.39, 0.29) is 13.0 Å². The highest BCUT2D eigenvalue weighted by atomic mass is 19.4. The Morgan fingerprint density at radius 1 is 1.35 bits per heavy atom. The topological polar surface area (TPSA) is 61.0 Å². The maximum Gasteiger partial charge on any atom is 0.411 e. The SMILES string of the molecule is CCc1cc(N)nc(CCOCC(F)(F)F)n1. The summed E-state index contributed by atoms with van der Waals surface area (Å²) >= 11 is 0. The van der Waals surface area contributed by atoms with Crippen LogP contribution >= 0.6 is 0 Å². The standard InChI is InChI=1S/C10H14F3N3O/c1-2-7-5-8(14)16-9(15-7)3-4-17-6-10(11,12)13/h5H,2-4,6H2,1H3,(H2,14,15,16). The van der Waals surface area contributed by atoms with Gasteiger partial charge < -0.3 is 10.5 Å². The zero-order valence-electron chi connectivity index (χ0n) is 9.42. The molecule has 1 aromatic heterocycles. The molecule has 1 heterocycles. The summed E-state index contributed by atoms with van der Waals surface area (Å²) < 4.78 is 39.8. The molecule has 0 fully saturated rings. The van der Waals surface area contributed by atoms with Gasteiger partial charge in [-0.1, -0.05) is 6.92 Å². The van der Waals surface area contributed by atoms with Gasteiger partial charge in [-0.05, 0) is 6.42 Å².